The Kier molecular flexibility index (Phi) is 4.33. The number of aryl methyl sites for hydroxylation is 2. The summed E-state index contributed by atoms with van der Waals surface area (Å²) in [7, 11) is 0. The molecule has 0 saturated carbocycles. The average Bonchev–Trinajstić information content (AvgIpc) is 2.92. The zero-order valence-corrected chi connectivity index (χ0v) is 17.1. The van der Waals surface area contributed by atoms with E-state index in [0.717, 1.165) is 10.0 Å². The van der Waals surface area contributed by atoms with Crippen LogP contribution in [0, 0.1) is 13.8 Å². The Hall–Kier alpha value is -2.17. The molecule has 4 rings (SSSR count). The smallest absolute Gasteiger partial charge is 0.308 e. The maximum Gasteiger partial charge on any atom is 0.308 e. The normalized spacial score (nSPS) is 11.2. The predicted octanol–water partition coefficient (Wildman–Crippen LogP) is 7.03. The van der Waals surface area contributed by atoms with Crippen LogP contribution >= 0.6 is 27.3 Å². The molecule has 2 nitrogen and oxygen atoms in total. The fourth-order valence-corrected chi connectivity index (χ4v) is 5.29. The van der Waals surface area contributed by atoms with Gasteiger partial charge in [-0.3, -0.25) is 4.79 Å². The molecule has 0 fully saturated rings. The third kappa shape index (κ3) is 2.74. The molecule has 3 aromatic carbocycles. The highest BCUT2D eigenvalue weighted by Crippen LogP contribution is 2.47. The molecule has 26 heavy (non-hydrogen) atoms. The van der Waals surface area contributed by atoms with Crippen molar-refractivity contribution < 1.29 is 9.53 Å². The highest BCUT2D eigenvalue weighted by atomic mass is 79.9. The van der Waals surface area contributed by atoms with E-state index in [9.17, 15) is 4.79 Å². The lowest BCUT2D eigenvalue weighted by Crippen LogP contribution is -2.00. The second-order valence-corrected chi connectivity index (χ2v) is 8.36. The predicted molar refractivity (Wildman–Crippen MR) is 113 cm³/mol. The van der Waals surface area contributed by atoms with Gasteiger partial charge < -0.3 is 4.74 Å². The van der Waals surface area contributed by atoms with E-state index < -0.39 is 0 Å². The summed E-state index contributed by atoms with van der Waals surface area (Å²) in [5, 5.41) is 3.71. The van der Waals surface area contributed by atoms with Crippen molar-refractivity contribution in [2.45, 2.75) is 20.8 Å². The Bertz CT molecular complexity index is 1160. The Morgan fingerprint density at radius 2 is 1.65 bits per heavy atom. The molecule has 0 unspecified atom stereocenters. The molecular formula is C22H17BrO2S. The van der Waals surface area contributed by atoms with Gasteiger partial charge in [0.15, 0.2) is 0 Å². The van der Waals surface area contributed by atoms with Gasteiger partial charge in [-0.2, -0.15) is 0 Å². The van der Waals surface area contributed by atoms with Crippen LogP contribution in [0.1, 0.15) is 17.4 Å². The van der Waals surface area contributed by atoms with Gasteiger partial charge >= 0.3 is 5.97 Å². The number of esters is 1. The van der Waals surface area contributed by atoms with E-state index in [4.69, 9.17) is 4.74 Å². The minimum atomic E-state index is -0.307. The number of carbonyl (C=O) groups is 1. The maximum absolute atomic E-state index is 11.2. The molecule has 130 valence electrons. The highest BCUT2D eigenvalue weighted by molar-refractivity contribution is 9.11. The van der Waals surface area contributed by atoms with Gasteiger partial charge in [0.2, 0.25) is 0 Å². The van der Waals surface area contributed by atoms with Gasteiger partial charge in [0.05, 0.1) is 4.70 Å². The number of ether oxygens (including phenoxy) is 1. The number of halogens is 1. The molecule has 0 amide bonds. The summed E-state index contributed by atoms with van der Waals surface area (Å²) >= 11 is 5.65. The Morgan fingerprint density at radius 1 is 1.00 bits per heavy atom. The summed E-state index contributed by atoms with van der Waals surface area (Å²) in [5.41, 5.74) is 3.67. The Balaban J connectivity index is 2.06. The average molecular weight is 425 g/mol. The van der Waals surface area contributed by atoms with Gasteiger partial charge in [-0.1, -0.05) is 36.4 Å². The van der Waals surface area contributed by atoms with Crippen molar-refractivity contribution in [1.29, 1.82) is 0 Å². The van der Waals surface area contributed by atoms with Crippen LogP contribution in [-0.4, -0.2) is 5.97 Å². The zero-order chi connectivity index (χ0) is 18.4. The van der Waals surface area contributed by atoms with Crippen LogP contribution in [-0.2, 0) is 4.79 Å². The summed E-state index contributed by atoms with van der Waals surface area (Å²) in [5.74, 6) is 0.260. The van der Waals surface area contributed by atoms with E-state index >= 15 is 0 Å². The SMILES string of the molecule is CC(=O)Oc1ccc(-c2c3ccccc3c(Br)c3sc(C)c(C)c23)cc1. The van der Waals surface area contributed by atoms with Crippen molar-refractivity contribution in [2.24, 2.45) is 0 Å². The Morgan fingerprint density at radius 3 is 2.31 bits per heavy atom. The van der Waals surface area contributed by atoms with E-state index in [-0.39, 0.29) is 5.97 Å². The second-order valence-electron chi connectivity index (χ2n) is 6.34. The third-order valence-electron chi connectivity index (χ3n) is 4.67. The summed E-state index contributed by atoms with van der Waals surface area (Å²) in [6, 6.07) is 16.2. The number of fused-ring (bicyclic) bond motifs is 2. The third-order valence-corrected chi connectivity index (χ3v) is 6.98. The first-order chi connectivity index (χ1) is 12.5. The fraction of sp³-hybridized carbons (Fsp3) is 0.136. The van der Waals surface area contributed by atoms with Gasteiger partial charge in [-0.05, 0) is 69.4 Å². The molecule has 1 aromatic heterocycles. The van der Waals surface area contributed by atoms with Crippen LogP contribution in [0.3, 0.4) is 0 Å². The number of thiophene rings is 1. The largest absolute Gasteiger partial charge is 0.427 e. The zero-order valence-electron chi connectivity index (χ0n) is 14.7. The number of carbonyl (C=O) groups excluding carboxylic acids is 1. The number of hydrogen-bond donors (Lipinski definition) is 0. The lowest BCUT2D eigenvalue weighted by molar-refractivity contribution is -0.131. The van der Waals surface area contributed by atoms with Gasteiger partial charge in [0, 0.05) is 21.7 Å². The maximum atomic E-state index is 11.2. The van der Waals surface area contributed by atoms with Crippen LogP contribution < -0.4 is 4.74 Å². The molecule has 0 aliphatic rings. The molecule has 4 aromatic rings. The minimum absolute atomic E-state index is 0.307. The molecule has 0 spiro atoms. The first-order valence-corrected chi connectivity index (χ1v) is 9.97. The van der Waals surface area contributed by atoms with Crippen LogP contribution in [0.5, 0.6) is 5.75 Å². The summed E-state index contributed by atoms with van der Waals surface area (Å²) in [4.78, 5) is 12.5. The number of benzene rings is 3. The topological polar surface area (TPSA) is 26.3 Å². The van der Waals surface area contributed by atoms with Crippen LogP contribution in [0.2, 0.25) is 0 Å². The molecule has 4 heteroatoms. The van der Waals surface area contributed by atoms with Gasteiger partial charge in [-0.15, -0.1) is 11.3 Å². The fourth-order valence-electron chi connectivity index (χ4n) is 3.39. The first-order valence-electron chi connectivity index (χ1n) is 8.36. The Labute approximate surface area is 164 Å². The van der Waals surface area contributed by atoms with Crippen LogP contribution in [0.25, 0.3) is 32.0 Å². The van der Waals surface area contributed by atoms with Gasteiger partial charge in [0.25, 0.3) is 0 Å². The van der Waals surface area contributed by atoms with Crippen LogP contribution in [0.4, 0.5) is 0 Å². The van der Waals surface area contributed by atoms with Crippen molar-refractivity contribution in [1.82, 2.24) is 0 Å². The standard InChI is InChI=1S/C22H17BrO2S/c1-12-13(2)26-22-19(12)20(17-6-4-5-7-18(17)21(22)23)15-8-10-16(11-9-15)25-14(3)24/h4-11H,1-3H3. The molecule has 0 saturated heterocycles. The molecule has 0 aliphatic carbocycles. The lowest BCUT2D eigenvalue weighted by Gasteiger charge is -2.13. The van der Waals surface area contributed by atoms with Gasteiger partial charge in [-0.25, -0.2) is 0 Å². The lowest BCUT2D eigenvalue weighted by atomic mass is 9.93. The molecule has 0 N–H and O–H groups in total. The van der Waals surface area contributed by atoms with Gasteiger partial charge in [0.1, 0.15) is 5.75 Å². The molecule has 0 atom stereocenters. The summed E-state index contributed by atoms with van der Waals surface area (Å²) in [6.45, 7) is 5.77. The van der Waals surface area contributed by atoms with Crippen molar-refractivity contribution in [3.63, 3.8) is 0 Å². The number of rotatable bonds is 2. The second kappa shape index (κ2) is 6.53. The molecule has 0 radical (unpaired) electrons. The van der Waals surface area contributed by atoms with Crippen molar-refractivity contribution in [3.8, 4) is 16.9 Å². The monoisotopic (exact) mass is 424 g/mol. The van der Waals surface area contributed by atoms with E-state index in [1.165, 1.54) is 43.8 Å². The van der Waals surface area contributed by atoms with E-state index in [1.54, 1.807) is 0 Å². The molecule has 0 aliphatic heterocycles. The van der Waals surface area contributed by atoms with Crippen molar-refractivity contribution in [2.75, 3.05) is 0 Å². The molecular weight excluding hydrogens is 408 g/mol. The molecule has 0 bridgehead atoms. The molecule has 1 heterocycles. The van der Waals surface area contributed by atoms with E-state index in [2.05, 4.69) is 54.0 Å². The highest BCUT2D eigenvalue weighted by Gasteiger charge is 2.18. The van der Waals surface area contributed by atoms with Crippen molar-refractivity contribution in [3.05, 3.63) is 63.4 Å². The number of hydrogen-bond acceptors (Lipinski definition) is 3. The van der Waals surface area contributed by atoms with E-state index in [1.807, 2.05) is 35.6 Å². The summed E-state index contributed by atoms with van der Waals surface area (Å²) in [6.07, 6.45) is 0. The van der Waals surface area contributed by atoms with E-state index in [0.29, 0.717) is 5.75 Å². The first kappa shape index (κ1) is 17.3. The van der Waals surface area contributed by atoms with Crippen molar-refractivity contribution >= 4 is 54.1 Å². The quantitative estimate of drug-likeness (QED) is 0.255. The minimum Gasteiger partial charge on any atom is -0.427 e. The summed E-state index contributed by atoms with van der Waals surface area (Å²) < 4.78 is 7.62. The van der Waals surface area contributed by atoms with Crippen LogP contribution in [0.15, 0.2) is 53.0 Å².